The summed E-state index contributed by atoms with van der Waals surface area (Å²) in [4.78, 5) is 40.0. The molecule has 7 nitrogen and oxygen atoms in total. The van der Waals surface area contributed by atoms with Gasteiger partial charge in [0.1, 0.15) is 0 Å². The zero-order valence-electron chi connectivity index (χ0n) is 18.1. The number of fused-ring (bicyclic) bond motifs is 3. The number of likely N-dealkylation sites (tertiary alicyclic amines) is 1. The van der Waals surface area contributed by atoms with E-state index in [0.29, 0.717) is 23.9 Å². The average molecular weight is 412 g/mol. The Kier molecular flexibility index (Phi) is 4.95. The molecule has 1 aromatic carbocycles. The predicted molar refractivity (Wildman–Crippen MR) is 113 cm³/mol. The first kappa shape index (κ1) is 20.6. The van der Waals surface area contributed by atoms with Crippen LogP contribution in [0.4, 0.5) is 0 Å². The Morgan fingerprint density at radius 2 is 1.87 bits per heavy atom. The summed E-state index contributed by atoms with van der Waals surface area (Å²) in [6, 6.07) is 7.03. The first-order chi connectivity index (χ1) is 14.1. The van der Waals surface area contributed by atoms with Crippen molar-refractivity contribution < 1.29 is 14.3 Å². The van der Waals surface area contributed by atoms with Crippen LogP contribution >= 0.6 is 0 Å². The van der Waals surface area contributed by atoms with Crippen LogP contribution in [0.25, 0.3) is 10.8 Å². The lowest BCUT2D eigenvalue weighted by molar-refractivity contribution is -0.135. The topological polar surface area (TPSA) is 81.5 Å². The molecule has 4 rings (SSSR count). The van der Waals surface area contributed by atoms with Gasteiger partial charge in [-0.2, -0.15) is 5.10 Å². The van der Waals surface area contributed by atoms with Crippen molar-refractivity contribution in [1.82, 2.24) is 14.7 Å². The fraction of sp³-hybridized carbons (Fsp3) is 0.565. The van der Waals surface area contributed by atoms with E-state index in [9.17, 15) is 14.4 Å². The summed E-state index contributed by atoms with van der Waals surface area (Å²) in [5.41, 5.74) is 0.148. The minimum Gasteiger partial charge on any atom is -0.451 e. The number of hydrogen-bond donors (Lipinski definition) is 0. The molecule has 1 saturated carbocycles. The number of aromatic nitrogens is 2. The summed E-state index contributed by atoms with van der Waals surface area (Å²) in [7, 11) is 0. The number of esters is 1. The number of benzene rings is 1. The summed E-state index contributed by atoms with van der Waals surface area (Å²) in [6.45, 7) is 9.27. The van der Waals surface area contributed by atoms with E-state index in [0.717, 1.165) is 19.3 Å². The Hall–Kier alpha value is -2.70. The van der Waals surface area contributed by atoms with Crippen LogP contribution in [0.15, 0.2) is 29.1 Å². The monoisotopic (exact) mass is 411 g/mol. The van der Waals surface area contributed by atoms with E-state index in [1.54, 1.807) is 31.2 Å². The van der Waals surface area contributed by atoms with Gasteiger partial charge in [-0.1, -0.05) is 39.0 Å². The Morgan fingerprint density at radius 1 is 1.17 bits per heavy atom. The average Bonchev–Trinajstić information content (AvgIpc) is 2.95. The maximum absolute atomic E-state index is 12.9. The SMILES string of the molecule is CCn1nc(C(=O)OCC(=O)N2C[C@]3(C)C[C@H]2CC(C)(C)C3)c2ccccc2c1=O. The second kappa shape index (κ2) is 7.22. The zero-order chi connectivity index (χ0) is 21.7. The minimum absolute atomic E-state index is 0.0631. The van der Waals surface area contributed by atoms with Crippen LogP contribution in [-0.4, -0.2) is 45.8 Å². The molecular formula is C23H29N3O4. The summed E-state index contributed by atoms with van der Waals surface area (Å²) in [6.07, 6.45) is 3.06. The van der Waals surface area contributed by atoms with E-state index in [1.165, 1.54) is 4.68 Å². The second-order valence-electron chi connectivity index (χ2n) is 9.83. The van der Waals surface area contributed by atoms with Crippen LogP contribution < -0.4 is 5.56 Å². The number of hydrogen-bond acceptors (Lipinski definition) is 5. The molecule has 160 valence electrons. The van der Waals surface area contributed by atoms with Crippen molar-refractivity contribution in [3.8, 4) is 0 Å². The molecule has 0 unspecified atom stereocenters. The first-order valence-corrected chi connectivity index (χ1v) is 10.6. The zero-order valence-corrected chi connectivity index (χ0v) is 18.1. The highest BCUT2D eigenvalue weighted by Gasteiger charge is 2.50. The first-order valence-electron chi connectivity index (χ1n) is 10.6. The molecule has 2 aliphatic rings. The highest BCUT2D eigenvalue weighted by atomic mass is 16.5. The molecule has 2 fully saturated rings. The molecule has 1 amide bonds. The third-order valence-corrected chi connectivity index (χ3v) is 6.42. The highest BCUT2D eigenvalue weighted by Crippen LogP contribution is 2.52. The van der Waals surface area contributed by atoms with Gasteiger partial charge in [-0.15, -0.1) is 0 Å². The molecule has 1 saturated heterocycles. The van der Waals surface area contributed by atoms with Crippen molar-refractivity contribution in [3.05, 3.63) is 40.3 Å². The lowest BCUT2D eigenvalue weighted by Gasteiger charge is -2.39. The molecule has 1 aromatic heterocycles. The highest BCUT2D eigenvalue weighted by molar-refractivity contribution is 6.02. The van der Waals surface area contributed by atoms with Gasteiger partial charge in [0.15, 0.2) is 12.3 Å². The molecule has 0 N–H and O–H groups in total. The largest absolute Gasteiger partial charge is 0.451 e. The molecule has 0 spiro atoms. The molecule has 0 radical (unpaired) electrons. The fourth-order valence-corrected chi connectivity index (χ4v) is 5.63. The standard InChI is InChI=1S/C23H29N3O4/c1-5-26-20(28)17-9-7-6-8-16(17)19(24-26)21(29)30-12-18(27)25-14-23(4)11-15(25)10-22(2,3)13-23/h6-9,15H,5,10-14H2,1-4H3/t15-,23-/m1/s1. The van der Waals surface area contributed by atoms with E-state index < -0.39 is 5.97 Å². The number of ether oxygens (including phenoxy) is 1. The van der Waals surface area contributed by atoms with Crippen LogP contribution in [0.5, 0.6) is 0 Å². The second-order valence-corrected chi connectivity index (χ2v) is 9.83. The number of amides is 1. The maximum atomic E-state index is 12.9. The summed E-state index contributed by atoms with van der Waals surface area (Å²) in [5.74, 6) is -0.849. The maximum Gasteiger partial charge on any atom is 0.359 e. The Bertz CT molecular complexity index is 1070. The van der Waals surface area contributed by atoms with E-state index in [2.05, 4.69) is 25.9 Å². The quantitative estimate of drug-likeness (QED) is 0.723. The van der Waals surface area contributed by atoms with Crippen LogP contribution in [0.1, 0.15) is 57.4 Å². The Balaban J connectivity index is 1.51. The molecule has 2 aromatic rings. The minimum atomic E-state index is -0.685. The predicted octanol–water partition coefficient (Wildman–Crippen LogP) is 3.00. The molecule has 2 bridgehead atoms. The molecule has 1 aliphatic heterocycles. The number of carbonyl (C=O) groups is 2. The number of aryl methyl sites for hydroxylation is 1. The van der Waals surface area contributed by atoms with Gasteiger partial charge in [0.25, 0.3) is 11.5 Å². The van der Waals surface area contributed by atoms with Crippen molar-refractivity contribution in [1.29, 1.82) is 0 Å². The van der Waals surface area contributed by atoms with Crippen LogP contribution in [0.3, 0.4) is 0 Å². The summed E-state index contributed by atoms with van der Waals surface area (Å²) in [5, 5.41) is 5.04. The van der Waals surface area contributed by atoms with Gasteiger partial charge in [0.05, 0.1) is 5.39 Å². The Labute approximate surface area is 176 Å². The summed E-state index contributed by atoms with van der Waals surface area (Å²) < 4.78 is 6.62. The van der Waals surface area contributed by atoms with Crippen LogP contribution in [-0.2, 0) is 16.1 Å². The number of rotatable bonds is 4. The molecule has 7 heteroatoms. The summed E-state index contributed by atoms with van der Waals surface area (Å²) >= 11 is 0. The van der Waals surface area contributed by atoms with Crippen LogP contribution in [0, 0.1) is 10.8 Å². The number of carbonyl (C=O) groups excluding carboxylic acids is 2. The van der Waals surface area contributed by atoms with Crippen molar-refractivity contribution in [2.45, 2.75) is 59.5 Å². The van der Waals surface area contributed by atoms with Gasteiger partial charge in [-0.05, 0) is 43.1 Å². The van der Waals surface area contributed by atoms with Gasteiger partial charge < -0.3 is 9.64 Å². The molecular weight excluding hydrogens is 382 g/mol. The van der Waals surface area contributed by atoms with Crippen molar-refractivity contribution in [2.24, 2.45) is 10.8 Å². The van der Waals surface area contributed by atoms with Crippen molar-refractivity contribution >= 4 is 22.6 Å². The van der Waals surface area contributed by atoms with Gasteiger partial charge >= 0.3 is 5.97 Å². The fourth-order valence-electron chi connectivity index (χ4n) is 5.63. The molecule has 2 heterocycles. The van der Waals surface area contributed by atoms with Gasteiger partial charge in [0.2, 0.25) is 0 Å². The third kappa shape index (κ3) is 3.61. The van der Waals surface area contributed by atoms with E-state index in [1.807, 2.05) is 4.90 Å². The lowest BCUT2D eigenvalue weighted by atomic mass is 9.65. The lowest BCUT2D eigenvalue weighted by Crippen LogP contribution is -2.40. The van der Waals surface area contributed by atoms with Gasteiger partial charge in [0, 0.05) is 24.5 Å². The van der Waals surface area contributed by atoms with Crippen molar-refractivity contribution in [2.75, 3.05) is 13.2 Å². The van der Waals surface area contributed by atoms with Crippen LogP contribution in [0.2, 0.25) is 0 Å². The number of nitrogens with zero attached hydrogens (tertiary/aromatic N) is 3. The van der Waals surface area contributed by atoms with Crippen molar-refractivity contribution in [3.63, 3.8) is 0 Å². The van der Waals surface area contributed by atoms with Gasteiger partial charge in [-0.3, -0.25) is 9.59 Å². The van der Waals surface area contributed by atoms with E-state index >= 15 is 0 Å². The molecule has 30 heavy (non-hydrogen) atoms. The normalized spacial score (nSPS) is 24.8. The van der Waals surface area contributed by atoms with E-state index in [-0.39, 0.29) is 40.6 Å². The third-order valence-electron chi connectivity index (χ3n) is 6.42. The Morgan fingerprint density at radius 3 is 2.57 bits per heavy atom. The van der Waals surface area contributed by atoms with Gasteiger partial charge in [-0.25, -0.2) is 9.48 Å². The van der Waals surface area contributed by atoms with E-state index in [4.69, 9.17) is 4.74 Å². The smallest absolute Gasteiger partial charge is 0.359 e. The molecule has 1 aliphatic carbocycles. The molecule has 2 atom stereocenters.